The van der Waals surface area contributed by atoms with E-state index in [1.165, 1.54) is 31.9 Å². The maximum Gasteiger partial charge on any atom is 0.251 e. The largest absolute Gasteiger partial charge is 0.369 e. The van der Waals surface area contributed by atoms with Crippen molar-refractivity contribution in [3.8, 4) is 0 Å². The van der Waals surface area contributed by atoms with Gasteiger partial charge in [-0.2, -0.15) is 0 Å². The zero-order valence-corrected chi connectivity index (χ0v) is 18.4. The highest BCUT2D eigenvalue weighted by Gasteiger charge is 2.18. The zero-order chi connectivity index (χ0) is 21.6. The molecule has 0 spiro atoms. The third-order valence-electron chi connectivity index (χ3n) is 5.33. The molecule has 7 nitrogen and oxygen atoms in total. The van der Waals surface area contributed by atoms with Gasteiger partial charge in [-0.3, -0.25) is 9.69 Å². The molecule has 8 heteroatoms. The smallest absolute Gasteiger partial charge is 0.251 e. The van der Waals surface area contributed by atoms with Crippen molar-refractivity contribution in [1.29, 1.82) is 0 Å². The molecule has 0 unspecified atom stereocenters. The Balaban J connectivity index is 1.38. The fourth-order valence-electron chi connectivity index (χ4n) is 3.46. The monoisotopic (exact) mass is 430 g/mol. The van der Waals surface area contributed by atoms with Crippen LogP contribution in [0.2, 0.25) is 0 Å². The Morgan fingerprint density at radius 3 is 2.20 bits per heavy atom. The molecular formula is C22H30N4O3S. The number of benzene rings is 2. The average molecular weight is 431 g/mol. The van der Waals surface area contributed by atoms with E-state index < -0.39 is 10.0 Å². The first kappa shape index (κ1) is 22.3. The van der Waals surface area contributed by atoms with Crippen LogP contribution >= 0.6 is 0 Å². The van der Waals surface area contributed by atoms with Gasteiger partial charge in [0.2, 0.25) is 10.0 Å². The number of carbonyl (C=O) groups excluding carboxylic acids is 1. The first-order valence-corrected chi connectivity index (χ1v) is 11.6. The average Bonchev–Trinajstić information content (AvgIpc) is 2.77. The van der Waals surface area contributed by atoms with Crippen molar-refractivity contribution in [2.24, 2.45) is 0 Å². The number of carbonyl (C=O) groups is 1. The van der Waals surface area contributed by atoms with E-state index in [1.807, 2.05) is 6.07 Å². The van der Waals surface area contributed by atoms with E-state index in [2.05, 4.69) is 39.4 Å². The highest BCUT2D eigenvalue weighted by Crippen LogP contribution is 2.16. The molecule has 2 aromatic carbocycles. The number of rotatable bonds is 8. The molecule has 0 aliphatic carbocycles. The van der Waals surface area contributed by atoms with Crippen molar-refractivity contribution in [3.05, 3.63) is 60.2 Å². The number of amides is 1. The predicted octanol–water partition coefficient (Wildman–Crippen LogP) is 1.88. The van der Waals surface area contributed by atoms with E-state index in [-0.39, 0.29) is 10.8 Å². The van der Waals surface area contributed by atoms with Crippen LogP contribution in [0.15, 0.2) is 59.5 Å². The molecule has 0 aromatic heterocycles. The molecule has 30 heavy (non-hydrogen) atoms. The Morgan fingerprint density at radius 2 is 1.60 bits per heavy atom. The SMILES string of the molecule is CN(C)S(=O)(=O)c1ccc(C(=O)NCCCN2CCN(c3ccccc3)CC2)cc1. The van der Waals surface area contributed by atoms with Gasteiger partial charge < -0.3 is 10.2 Å². The Labute approximate surface area is 179 Å². The van der Waals surface area contributed by atoms with Gasteiger partial charge in [-0.05, 0) is 49.4 Å². The maximum absolute atomic E-state index is 12.3. The Morgan fingerprint density at radius 1 is 0.967 bits per heavy atom. The standard InChI is InChI=1S/C22H30N4O3S/c1-24(2)30(28,29)21-11-9-19(10-12-21)22(27)23-13-6-14-25-15-17-26(18-16-25)20-7-4-3-5-8-20/h3-5,7-12H,6,13-18H2,1-2H3,(H,23,27). The van der Waals surface area contributed by atoms with Gasteiger partial charge in [0, 0.05) is 58.1 Å². The van der Waals surface area contributed by atoms with Gasteiger partial charge >= 0.3 is 0 Å². The lowest BCUT2D eigenvalue weighted by molar-refractivity contribution is 0.0951. The van der Waals surface area contributed by atoms with Crippen LogP contribution in [0.3, 0.4) is 0 Å². The number of hydrogen-bond donors (Lipinski definition) is 1. The molecule has 1 heterocycles. The van der Waals surface area contributed by atoms with Crippen molar-refractivity contribution in [2.45, 2.75) is 11.3 Å². The van der Waals surface area contributed by atoms with E-state index >= 15 is 0 Å². The molecule has 1 aliphatic heterocycles. The van der Waals surface area contributed by atoms with Crippen LogP contribution in [-0.2, 0) is 10.0 Å². The van der Waals surface area contributed by atoms with E-state index in [9.17, 15) is 13.2 Å². The van der Waals surface area contributed by atoms with E-state index in [0.717, 1.165) is 43.4 Å². The lowest BCUT2D eigenvalue weighted by Crippen LogP contribution is -2.47. The number of nitrogens with one attached hydrogen (secondary N) is 1. The minimum absolute atomic E-state index is 0.179. The third kappa shape index (κ3) is 5.59. The quantitative estimate of drug-likeness (QED) is 0.648. The maximum atomic E-state index is 12.3. The minimum atomic E-state index is -3.48. The summed E-state index contributed by atoms with van der Waals surface area (Å²) in [6.07, 6.45) is 0.879. The number of anilines is 1. The topological polar surface area (TPSA) is 73.0 Å². The molecule has 162 valence electrons. The fraction of sp³-hybridized carbons (Fsp3) is 0.409. The molecule has 1 fully saturated rings. The molecule has 0 radical (unpaired) electrons. The number of piperazine rings is 1. The number of sulfonamides is 1. The molecule has 3 rings (SSSR count). The van der Waals surface area contributed by atoms with Gasteiger partial charge in [0.1, 0.15) is 0 Å². The summed E-state index contributed by atoms with van der Waals surface area (Å²) < 4.78 is 25.3. The molecular weight excluding hydrogens is 400 g/mol. The summed E-state index contributed by atoms with van der Waals surface area (Å²) in [4.78, 5) is 17.3. The predicted molar refractivity (Wildman–Crippen MR) is 119 cm³/mol. The first-order chi connectivity index (χ1) is 14.4. The summed E-state index contributed by atoms with van der Waals surface area (Å²) in [5, 5.41) is 2.92. The second-order valence-corrected chi connectivity index (χ2v) is 9.74. The molecule has 1 saturated heterocycles. The Kier molecular flexibility index (Phi) is 7.47. The van der Waals surface area contributed by atoms with Gasteiger partial charge in [0.25, 0.3) is 5.91 Å². The molecule has 1 N–H and O–H groups in total. The van der Waals surface area contributed by atoms with Gasteiger partial charge in [0.15, 0.2) is 0 Å². The van der Waals surface area contributed by atoms with Crippen molar-refractivity contribution in [3.63, 3.8) is 0 Å². The zero-order valence-electron chi connectivity index (χ0n) is 17.6. The molecule has 0 atom stereocenters. The lowest BCUT2D eigenvalue weighted by atomic mass is 10.2. The lowest BCUT2D eigenvalue weighted by Gasteiger charge is -2.36. The van der Waals surface area contributed by atoms with E-state index in [4.69, 9.17) is 0 Å². The van der Waals surface area contributed by atoms with Crippen LogP contribution in [-0.4, -0.2) is 76.9 Å². The summed E-state index contributed by atoms with van der Waals surface area (Å²) in [5.74, 6) is -0.183. The van der Waals surface area contributed by atoms with E-state index in [0.29, 0.717) is 12.1 Å². The van der Waals surface area contributed by atoms with Crippen molar-refractivity contribution >= 4 is 21.6 Å². The fourth-order valence-corrected chi connectivity index (χ4v) is 4.37. The second kappa shape index (κ2) is 10.1. The molecule has 1 aliphatic rings. The summed E-state index contributed by atoms with van der Waals surface area (Å²) >= 11 is 0. The van der Waals surface area contributed by atoms with Crippen LogP contribution in [0.4, 0.5) is 5.69 Å². The number of hydrogen-bond acceptors (Lipinski definition) is 5. The van der Waals surface area contributed by atoms with Gasteiger partial charge in [0.05, 0.1) is 4.90 Å². The number of para-hydroxylation sites is 1. The molecule has 0 bridgehead atoms. The summed E-state index contributed by atoms with van der Waals surface area (Å²) in [6.45, 7) is 5.60. The van der Waals surface area contributed by atoms with Crippen LogP contribution < -0.4 is 10.2 Å². The number of nitrogens with zero attached hydrogens (tertiary/aromatic N) is 3. The van der Waals surface area contributed by atoms with Crippen LogP contribution in [0, 0.1) is 0 Å². The summed E-state index contributed by atoms with van der Waals surface area (Å²) in [7, 11) is -0.515. The van der Waals surface area contributed by atoms with Crippen LogP contribution in [0.1, 0.15) is 16.8 Å². The van der Waals surface area contributed by atoms with Crippen molar-refractivity contribution in [2.75, 3.05) is 58.3 Å². The van der Waals surface area contributed by atoms with Crippen molar-refractivity contribution < 1.29 is 13.2 Å². The highest BCUT2D eigenvalue weighted by molar-refractivity contribution is 7.89. The normalized spacial score (nSPS) is 15.4. The van der Waals surface area contributed by atoms with Gasteiger partial charge in [-0.25, -0.2) is 12.7 Å². The second-order valence-electron chi connectivity index (χ2n) is 7.59. The molecule has 0 saturated carbocycles. The third-order valence-corrected chi connectivity index (χ3v) is 7.15. The summed E-state index contributed by atoms with van der Waals surface area (Å²) in [5.41, 5.74) is 1.73. The van der Waals surface area contributed by atoms with Gasteiger partial charge in [-0.15, -0.1) is 0 Å². The molecule has 1 amide bonds. The van der Waals surface area contributed by atoms with Crippen LogP contribution in [0.25, 0.3) is 0 Å². The van der Waals surface area contributed by atoms with Crippen LogP contribution in [0.5, 0.6) is 0 Å². The minimum Gasteiger partial charge on any atom is -0.369 e. The summed E-state index contributed by atoms with van der Waals surface area (Å²) in [6, 6.07) is 16.5. The highest BCUT2D eigenvalue weighted by atomic mass is 32.2. The Hall–Kier alpha value is -2.42. The first-order valence-electron chi connectivity index (χ1n) is 10.2. The van der Waals surface area contributed by atoms with E-state index in [1.54, 1.807) is 12.1 Å². The van der Waals surface area contributed by atoms with Gasteiger partial charge in [-0.1, -0.05) is 18.2 Å². The van der Waals surface area contributed by atoms with Crippen molar-refractivity contribution in [1.82, 2.24) is 14.5 Å². The molecule has 2 aromatic rings. The Bertz CT molecular complexity index is 923.